The van der Waals surface area contributed by atoms with E-state index >= 15 is 0 Å². The molecule has 3 atom stereocenters. The van der Waals surface area contributed by atoms with Crippen LogP contribution in [-0.4, -0.2) is 59.3 Å². The molecule has 158 valence electrons. The smallest absolute Gasteiger partial charge is 0.255 e. The maximum atomic E-state index is 13.1. The first kappa shape index (κ1) is 20.5. The molecule has 2 aromatic rings. The van der Waals surface area contributed by atoms with Crippen LogP contribution in [0.15, 0.2) is 42.6 Å². The van der Waals surface area contributed by atoms with Crippen molar-refractivity contribution >= 4 is 11.8 Å². The lowest BCUT2D eigenvalue weighted by molar-refractivity contribution is -0.122. The van der Waals surface area contributed by atoms with E-state index in [2.05, 4.69) is 9.88 Å². The maximum Gasteiger partial charge on any atom is 0.255 e. The lowest BCUT2D eigenvalue weighted by Gasteiger charge is -2.25. The Morgan fingerprint density at radius 2 is 1.73 bits per heavy atom. The van der Waals surface area contributed by atoms with E-state index in [1.165, 1.54) is 0 Å². The Kier molecular flexibility index (Phi) is 5.86. The van der Waals surface area contributed by atoms with Crippen LogP contribution in [-0.2, 0) is 11.2 Å². The molecule has 2 aliphatic heterocycles. The highest BCUT2D eigenvalue weighted by Gasteiger charge is 2.42. The second-order valence-corrected chi connectivity index (χ2v) is 8.83. The van der Waals surface area contributed by atoms with Gasteiger partial charge in [0.25, 0.3) is 5.91 Å². The zero-order valence-electron chi connectivity index (χ0n) is 17.8. The molecular formula is C24H30N4O2. The van der Waals surface area contributed by atoms with Gasteiger partial charge in [-0.15, -0.1) is 0 Å². The summed E-state index contributed by atoms with van der Waals surface area (Å²) in [4.78, 5) is 33.8. The van der Waals surface area contributed by atoms with Crippen LogP contribution in [0.5, 0.6) is 0 Å². The van der Waals surface area contributed by atoms with E-state index in [0.717, 1.165) is 48.6 Å². The zero-order valence-corrected chi connectivity index (χ0v) is 17.8. The normalized spacial score (nSPS) is 22.1. The van der Waals surface area contributed by atoms with Gasteiger partial charge in [-0.25, -0.2) is 0 Å². The molecule has 3 heterocycles. The predicted octanol–water partition coefficient (Wildman–Crippen LogP) is 2.05. The summed E-state index contributed by atoms with van der Waals surface area (Å²) in [5, 5.41) is 0. The van der Waals surface area contributed by atoms with Crippen molar-refractivity contribution in [3.8, 4) is 0 Å². The topological polar surface area (TPSA) is 79.5 Å². The van der Waals surface area contributed by atoms with Crippen LogP contribution in [0.3, 0.4) is 0 Å². The molecule has 30 heavy (non-hydrogen) atoms. The molecule has 3 unspecified atom stereocenters. The SMILES string of the molecule is Cc1ccnc(C)c1C(=O)N1CC2CN(CC(Cc3ccccc3)C(N)=O)CC2C1. The van der Waals surface area contributed by atoms with Crippen molar-refractivity contribution in [2.24, 2.45) is 23.5 Å². The van der Waals surface area contributed by atoms with Crippen LogP contribution >= 0.6 is 0 Å². The third-order valence-corrected chi connectivity index (χ3v) is 6.62. The quantitative estimate of drug-likeness (QED) is 0.796. The third-order valence-electron chi connectivity index (χ3n) is 6.62. The minimum atomic E-state index is -0.241. The number of hydrogen-bond donors (Lipinski definition) is 1. The predicted molar refractivity (Wildman–Crippen MR) is 116 cm³/mol. The highest BCUT2D eigenvalue weighted by Crippen LogP contribution is 2.33. The number of pyridine rings is 1. The largest absolute Gasteiger partial charge is 0.369 e. The number of fused-ring (bicyclic) bond motifs is 1. The minimum Gasteiger partial charge on any atom is -0.369 e. The Hall–Kier alpha value is -2.73. The monoisotopic (exact) mass is 406 g/mol. The number of nitrogens with two attached hydrogens (primary N) is 1. The number of nitrogens with zero attached hydrogens (tertiary/aromatic N) is 3. The van der Waals surface area contributed by atoms with Crippen LogP contribution in [0.4, 0.5) is 0 Å². The Balaban J connectivity index is 1.36. The number of likely N-dealkylation sites (tertiary alicyclic amines) is 2. The molecule has 0 saturated carbocycles. The summed E-state index contributed by atoms with van der Waals surface area (Å²) in [5.41, 5.74) is 9.37. The van der Waals surface area contributed by atoms with E-state index in [4.69, 9.17) is 5.73 Å². The first-order valence-corrected chi connectivity index (χ1v) is 10.7. The molecule has 2 aliphatic rings. The van der Waals surface area contributed by atoms with E-state index in [1.54, 1.807) is 6.20 Å². The number of amides is 2. The second-order valence-electron chi connectivity index (χ2n) is 8.83. The summed E-state index contributed by atoms with van der Waals surface area (Å²) >= 11 is 0. The lowest BCUT2D eigenvalue weighted by Crippen LogP contribution is -2.39. The Bertz CT molecular complexity index is 896. The number of carbonyl (C=O) groups excluding carboxylic acids is 2. The average Bonchev–Trinajstić information content (AvgIpc) is 3.26. The molecule has 2 N–H and O–H groups in total. The van der Waals surface area contributed by atoms with Crippen molar-refractivity contribution < 1.29 is 9.59 Å². The number of rotatable bonds is 6. The van der Waals surface area contributed by atoms with E-state index in [1.807, 2.05) is 55.1 Å². The molecule has 0 radical (unpaired) electrons. The van der Waals surface area contributed by atoms with Gasteiger partial charge in [-0.2, -0.15) is 0 Å². The summed E-state index contributed by atoms with van der Waals surface area (Å²) in [7, 11) is 0. The zero-order chi connectivity index (χ0) is 21.3. The molecule has 0 spiro atoms. The molecule has 2 saturated heterocycles. The van der Waals surface area contributed by atoms with Crippen LogP contribution in [0.1, 0.15) is 27.2 Å². The van der Waals surface area contributed by atoms with Gasteiger partial charge in [0, 0.05) is 38.9 Å². The lowest BCUT2D eigenvalue weighted by atomic mass is 9.98. The van der Waals surface area contributed by atoms with Crippen molar-refractivity contribution in [1.82, 2.24) is 14.8 Å². The van der Waals surface area contributed by atoms with E-state index in [0.29, 0.717) is 24.8 Å². The Labute approximate surface area is 178 Å². The van der Waals surface area contributed by atoms with E-state index in [-0.39, 0.29) is 17.7 Å². The molecule has 4 rings (SSSR count). The summed E-state index contributed by atoms with van der Waals surface area (Å²) in [6.07, 6.45) is 2.43. The Morgan fingerprint density at radius 3 is 2.33 bits per heavy atom. The third kappa shape index (κ3) is 4.24. The van der Waals surface area contributed by atoms with Gasteiger partial charge in [0.05, 0.1) is 17.2 Å². The number of primary amides is 1. The van der Waals surface area contributed by atoms with Crippen molar-refractivity contribution in [2.75, 3.05) is 32.7 Å². The van der Waals surface area contributed by atoms with Gasteiger partial charge < -0.3 is 15.5 Å². The minimum absolute atomic E-state index is 0.0955. The molecule has 2 amide bonds. The van der Waals surface area contributed by atoms with Gasteiger partial charge in [0.2, 0.25) is 5.91 Å². The van der Waals surface area contributed by atoms with Crippen LogP contribution in [0.2, 0.25) is 0 Å². The summed E-state index contributed by atoms with van der Waals surface area (Å²) in [6.45, 7) is 7.93. The fourth-order valence-electron chi connectivity index (χ4n) is 5.05. The van der Waals surface area contributed by atoms with Gasteiger partial charge in [-0.05, 0) is 49.3 Å². The molecule has 6 nitrogen and oxygen atoms in total. The number of hydrogen-bond acceptors (Lipinski definition) is 4. The highest BCUT2D eigenvalue weighted by molar-refractivity contribution is 5.96. The first-order chi connectivity index (χ1) is 14.4. The Morgan fingerprint density at radius 1 is 1.07 bits per heavy atom. The molecule has 0 aliphatic carbocycles. The number of carbonyl (C=O) groups is 2. The summed E-state index contributed by atoms with van der Waals surface area (Å²) in [6, 6.07) is 11.9. The van der Waals surface area contributed by atoms with Crippen molar-refractivity contribution in [3.05, 3.63) is 65.0 Å². The molecule has 2 fully saturated rings. The summed E-state index contributed by atoms with van der Waals surface area (Å²) in [5.74, 6) is 0.575. The highest BCUT2D eigenvalue weighted by atomic mass is 16.2. The molecule has 0 bridgehead atoms. The average molecular weight is 407 g/mol. The maximum absolute atomic E-state index is 13.1. The number of aromatic nitrogens is 1. The fourth-order valence-corrected chi connectivity index (χ4v) is 5.05. The van der Waals surface area contributed by atoms with Gasteiger partial charge >= 0.3 is 0 Å². The summed E-state index contributed by atoms with van der Waals surface area (Å²) < 4.78 is 0. The van der Waals surface area contributed by atoms with Crippen molar-refractivity contribution in [2.45, 2.75) is 20.3 Å². The number of aryl methyl sites for hydroxylation is 2. The fraction of sp³-hybridized carbons (Fsp3) is 0.458. The molecular weight excluding hydrogens is 376 g/mol. The standard InChI is InChI=1S/C24H30N4O2/c1-16-8-9-26-17(2)22(16)24(30)28-14-20-12-27(13-21(20)15-28)11-19(23(25)29)10-18-6-4-3-5-7-18/h3-9,19-21H,10-15H2,1-2H3,(H2,25,29). The van der Waals surface area contributed by atoms with E-state index in [9.17, 15) is 9.59 Å². The van der Waals surface area contributed by atoms with E-state index < -0.39 is 0 Å². The number of benzene rings is 1. The van der Waals surface area contributed by atoms with Gasteiger partial charge in [0.1, 0.15) is 0 Å². The van der Waals surface area contributed by atoms with Crippen LogP contribution in [0.25, 0.3) is 0 Å². The second kappa shape index (κ2) is 8.56. The van der Waals surface area contributed by atoms with Crippen molar-refractivity contribution in [3.63, 3.8) is 0 Å². The molecule has 1 aromatic heterocycles. The van der Waals surface area contributed by atoms with Gasteiger partial charge in [-0.3, -0.25) is 14.6 Å². The van der Waals surface area contributed by atoms with Crippen LogP contribution < -0.4 is 5.73 Å². The van der Waals surface area contributed by atoms with Gasteiger partial charge in [0.15, 0.2) is 0 Å². The molecule has 6 heteroatoms. The first-order valence-electron chi connectivity index (χ1n) is 10.7. The van der Waals surface area contributed by atoms with Crippen LogP contribution in [0, 0.1) is 31.6 Å². The van der Waals surface area contributed by atoms with Gasteiger partial charge in [-0.1, -0.05) is 30.3 Å². The molecule has 1 aromatic carbocycles. The van der Waals surface area contributed by atoms with Crippen molar-refractivity contribution in [1.29, 1.82) is 0 Å².